The summed E-state index contributed by atoms with van der Waals surface area (Å²) in [6, 6.07) is 40.2. The fourth-order valence-electron chi connectivity index (χ4n) is 5.62. The molecule has 158 valence electrons. The lowest BCUT2D eigenvalue weighted by atomic mass is 9.59. The number of para-hydroxylation sites is 2. The minimum absolute atomic E-state index is 0.338. The molecule has 0 saturated carbocycles. The van der Waals surface area contributed by atoms with Gasteiger partial charge >= 0.3 is 0 Å². The molecule has 0 saturated heterocycles. The highest BCUT2D eigenvalue weighted by Crippen LogP contribution is 2.45. The van der Waals surface area contributed by atoms with Gasteiger partial charge in [-0.15, -0.1) is 0 Å². The van der Waals surface area contributed by atoms with Gasteiger partial charge in [-0.2, -0.15) is 11.6 Å². The van der Waals surface area contributed by atoms with Gasteiger partial charge in [0.15, 0.2) is 0 Å². The number of benzene rings is 5. The average Bonchev–Trinajstić information content (AvgIpc) is 3.23. The predicted molar refractivity (Wildman–Crippen MR) is 148 cm³/mol. The van der Waals surface area contributed by atoms with Gasteiger partial charge in [0.25, 0.3) is 5.99 Å². The fraction of sp³-hybridized carbons (Fsp3) is 0. The standard InChI is InChI=1S/C30H18BNS2/c1-5-13-25-20(9-1)21-10-2-6-14-26(21)32(25)19-17-23-22-11-3-7-15-27(22)34-31-24-12-4-8-16-28(24)33-29(18-19)30(23)31/h1-18H. The van der Waals surface area contributed by atoms with Crippen molar-refractivity contribution in [3.05, 3.63) is 109 Å². The molecule has 1 nitrogen and oxygen atoms in total. The molecule has 34 heavy (non-hydrogen) atoms. The Morgan fingerprint density at radius 1 is 0.559 bits per heavy atom. The van der Waals surface area contributed by atoms with Gasteiger partial charge in [-0.3, -0.25) is 0 Å². The normalized spacial score (nSPS) is 13.6. The van der Waals surface area contributed by atoms with E-state index >= 15 is 0 Å². The van der Waals surface area contributed by atoms with Crippen LogP contribution in [-0.4, -0.2) is 10.6 Å². The molecule has 0 aliphatic carbocycles. The van der Waals surface area contributed by atoms with Crippen molar-refractivity contribution in [2.45, 2.75) is 14.7 Å². The molecule has 0 spiro atoms. The van der Waals surface area contributed by atoms with Crippen LogP contribution >= 0.6 is 23.4 Å². The van der Waals surface area contributed by atoms with E-state index in [1.54, 1.807) is 0 Å². The summed E-state index contributed by atoms with van der Waals surface area (Å²) in [6.45, 7) is 0. The summed E-state index contributed by atoms with van der Waals surface area (Å²) in [6.07, 6.45) is 0. The monoisotopic (exact) mass is 467 g/mol. The van der Waals surface area contributed by atoms with E-state index in [1.165, 1.54) is 64.2 Å². The van der Waals surface area contributed by atoms with Gasteiger partial charge in [-0.1, -0.05) is 84.6 Å². The lowest BCUT2D eigenvalue weighted by Crippen LogP contribution is -2.46. The Balaban J connectivity index is 1.48. The predicted octanol–water partition coefficient (Wildman–Crippen LogP) is 7.13. The molecule has 0 N–H and O–H groups in total. The molecule has 2 aliphatic heterocycles. The molecule has 3 heterocycles. The van der Waals surface area contributed by atoms with Crippen molar-refractivity contribution < 1.29 is 0 Å². The van der Waals surface area contributed by atoms with E-state index in [1.807, 2.05) is 23.4 Å². The Labute approximate surface area is 206 Å². The Morgan fingerprint density at radius 3 is 2.00 bits per heavy atom. The highest BCUT2D eigenvalue weighted by atomic mass is 32.2. The smallest absolute Gasteiger partial charge is 0.283 e. The SMILES string of the molecule is c1ccc2c(c1)Sc1cc(-n3c4ccccc4c4ccccc43)cc3c1B2Sc1ccccc1-3. The second kappa shape index (κ2) is 7.08. The van der Waals surface area contributed by atoms with Crippen LogP contribution in [-0.2, 0) is 0 Å². The van der Waals surface area contributed by atoms with Crippen molar-refractivity contribution in [1.82, 2.24) is 4.57 Å². The molecule has 6 aromatic rings. The summed E-state index contributed by atoms with van der Waals surface area (Å²) in [5.74, 6) is 0.338. The maximum Gasteiger partial charge on any atom is 0.283 e. The van der Waals surface area contributed by atoms with Crippen LogP contribution in [0.25, 0.3) is 38.6 Å². The zero-order chi connectivity index (χ0) is 22.2. The van der Waals surface area contributed by atoms with Crippen molar-refractivity contribution in [2.75, 3.05) is 0 Å². The number of rotatable bonds is 1. The van der Waals surface area contributed by atoms with E-state index in [2.05, 4.69) is 114 Å². The van der Waals surface area contributed by atoms with Crippen molar-refractivity contribution >= 4 is 62.1 Å². The molecule has 8 rings (SSSR count). The Morgan fingerprint density at radius 2 is 1.21 bits per heavy atom. The van der Waals surface area contributed by atoms with Crippen LogP contribution < -0.4 is 10.9 Å². The second-order valence-electron chi connectivity index (χ2n) is 8.91. The summed E-state index contributed by atoms with van der Waals surface area (Å²) >= 11 is 3.92. The number of fused-ring (bicyclic) bond motifs is 7. The number of aromatic nitrogens is 1. The van der Waals surface area contributed by atoms with Crippen molar-refractivity contribution in [3.63, 3.8) is 0 Å². The molecule has 4 heteroatoms. The van der Waals surface area contributed by atoms with Gasteiger partial charge in [0.05, 0.1) is 11.0 Å². The Bertz CT molecular complexity index is 1730. The summed E-state index contributed by atoms with van der Waals surface area (Å²) in [5.41, 5.74) is 9.37. The quantitative estimate of drug-likeness (QED) is 0.237. The van der Waals surface area contributed by atoms with Crippen LogP contribution in [0.4, 0.5) is 0 Å². The molecule has 0 atom stereocenters. The van der Waals surface area contributed by atoms with Crippen LogP contribution in [0.5, 0.6) is 0 Å². The van der Waals surface area contributed by atoms with Gasteiger partial charge in [0, 0.05) is 31.1 Å². The van der Waals surface area contributed by atoms with E-state index < -0.39 is 0 Å². The van der Waals surface area contributed by atoms with Crippen LogP contribution in [0.15, 0.2) is 124 Å². The maximum absolute atomic E-state index is 2.45. The maximum atomic E-state index is 2.45. The minimum atomic E-state index is 0.338. The molecule has 0 unspecified atom stereocenters. The third kappa shape index (κ3) is 2.55. The fourth-order valence-corrected chi connectivity index (χ4v) is 8.40. The van der Waals surface area contributed by atoms with E-state index in [9.17, 15) is 0 Å². The third-order valence-electron chi connectivity index (χ3n) is 7.07. The first-order chi connectivity index (χ1) is 16.9. The average molecular weight is 467 g/mol. The lowest BCUT2D eigenvalue weighted by Gasteiger charge is -2.33. The number of nitrogens with zero attached hydrogens (tertiary/aromatic N) is 1. The van der Waals surface area contributed by atoms with E-state index in [0.29, 0.717) is 5.99 Å². The summed E-state index contributed by atoms with van der Waals surface area (Å²) in [7, 11) is 0. The molecule has 0 amide bonds. The van der Waals surface area contributed by atoms with Crippen molar-refractivity contribution in [2.24, 2.45) is 0 Å². The van der Waals surface area contributed by atoms with E-state index in [4.69, 9.17) is 0 Å². The van der Waals surface area contributed by atoms with Crippen LogP contribution in [0.3, 0.4) is 0 Å². The topological polar surface area (TPSA) is 4.93 Å². The van der Waals surface area contributed by atoms with Gasteiger partial charge in [-0.05, 0) is 58.5 Å². The molecule has 5 aromatic carbocycles. The van der Waals surface area contributed by atoms with Gasteiger partial charge in [0.1, 0.15) is 0 Å². The molecular weight excluding hydrogens is 449 g/mol. The van der Waals surface area contributed by atoms with Crippen molar-refractivity contribution in [3.8, 4) is 16.8 Å². The Kier molecular flexibility index (Phi) is 3.96. The largest absolute Gasteiger partial charge is 0.309 e. The first-order valence-electron chi connectivity index (χ1n) is 11.6. The van der Waals surface area contributed by atoms with Gasteiger partial charge in [-0.25, -0.2) is 0 Å². The minimum Gasteiger partial charge on any atom is -0.309 e. The van der Waals surface area contributed by atoms with Gasteiger partial charge in [0.2, 0.25) is 0 Å². The lowest BCUT2D eigenvalue weighted by molar-refractivity contribution is 1.16. The first-order valence-corrected chi connectivity index (χ1v) is 13.3. The second-order valence-corrected chi connectivity index (χ2v) is 11.1. The first kappa shape index (κ1) is 19.0. The Hall–Kier alpha value is -3.34. The zero-order valence-electron chi connectivity index (χ0n) is 18.2. The molecule has 0 fully saturated rings. The zero-order valence-corrected chi connectivity index (χ0v) is 19.9. The summed E-state index contributed by atoms with van der Waals surface area (Å²) in [5, 5.41) is 2.60. The van der Waals surface area contributed by atoms with Crippen LogP contribution in [0.2, 0.25) is 0 Å². The summed E-state index contributed by atoms with van der Waals surface area (Å²) in [4.78, 5) is 4.12. The highest BCUT2D eigenvalue weighted by molar-refractivity contribution is 8.28. The van der Waals surface area contributed by atoms with Gasteiger partial charge < -0.3 is 4.57 Å². The van der Waals surface area contributed by atoms with E-state index in [-0.39, 0.29) is 0 Å². The number of hydrogen-bond donors (Lipinski definition) is 0. The summed E-state index contributed by atoms with van der Waals surface area (Å²) < 4.78 is 2.45. The van der Waals surface area contributed by atoms with Crippen LogP contribution in [0.1, 0.15) is 0 Å². The molecule has 0 bridgehead atoms. The molecule has 0 radical (unpaired) electrons. The van der Waals surface area contributed by atoms with Crippen LogP contribution in [0, 0.1) is 0 Å². The van der Waals surface area contributed by atoms with E-state index in [0.717, 1.165) is 0 Å². The number of hydrogen-bond acceptors (Lipinski definition) is 2. The molecule has 2 aliphatic rings. The third-order valence-corrected chi connectivity index (χ3v) is 9.56. The highest BCUT2D eigenvalue weighted by Gasteiger charge is 2.37. The molecule has 1 aromatic heterocycles. The molecular formula is C30H18BNS2. The van der Waals surface area contributed by atoms with Crippen molar-refractivity contribution in [1.29, 1.82) is 0 Å².